The Kier molecular flexibility index (Phi) is 7.63. The van der Waals surface area contributed by atoms with Crippen molar-refractivity contribution in [3.8, 4) is 11.5 Å². The molecule has 2 aromatic carbocycles. The summed E-state index contributed by atoms with van der Waals surface area (Å²) in [4.78, 5) is 25.3. The average molecular weight is 371 g/mol. The van der Waals surface area contributed by atoms with Crippen LogP contribution in [0.15, 0.2) is 48.5 Å². The summed E-state index contributed by atoms with van der Waals surface area (Å²) in [6.07, 6.45) is 0. The number of amides is 2. The summed E-state index contributed by atoms with van der Waals surface area (Å²) in [5.41, 5.74) is 6.74. The first-order valence-corrected chi connectivity index (χ1v) is 8.59. The van der Waals surface area contributed by atoms with Crippen molar-refractivity contribution in [3.05, 3.63) is 59.7 Å². The molecule has 7 heteroatoms. The molecule has 0 bridgehead atoms. The SMILES string of the molecule is COc1cc(C(=O)NCCN(C)Cc2ccccc2)ccc1OCC(N)=O. The maximum atomic E-state index is 12.3. The molecule has 3 N–H and O–H groups in total. The Labute approximate surface area is 159 Å². The molecule has 2 aromatic rings. The number of nitrogens with one attached hydrogen (secondary N) is 1. The number of hydrogen-bond donors (Lipinski definition) is 2. The van der Waals surface area contributed by atoms with Crippen molar-refractivity contribution in [2.24, 2.45) is 5.73 Å². The van der Waals surface area contributed by atoms with Gasteiger partial charge in [0.2, 0.25) is 0 Å². The lowest BCUT2D eigenvalue weighted by Gasteiger charge is -2.17. The number of benzene rings is 2. The summed E-state index contributed by atoms with van der Waals surface area (Å²) in [7, 11) is 3.47. The molecule has 2 amide bonds. The third-order valence-corrected chi connectivity index (χ3v) is 3.87. The number of carbonyl (C=O) groups excluding carboxylic acids is 2. The van der Waals surface area contributed by atoms with Gasteiger partial charge in [0.05, 0.1) is 7.11 Å². The maximum absolute atomic E-state index is 12.3. The van der Waals surface area contributed by atoms with Gasteiger partial charge >= 0.3 is 0 Å². The van der Waals surface area contributed by atoms with E-state index in [1.54, 1.807) is 18.2 Å². The Morgan fingerprint density at radius 1 is 1.11 bits per heavy atom. The molecule has 2 rings (SSSR count). The topological polar surface area (TPSA) is 93.9 Å². The molecule has 0 radical (unpaired) electrons. The average Bonchev–Trinajstić information content (AvgIpc) is 2.66. The lowest BCUT2D eigenvalue weighted by atomic mass is 10.2. The van der Waals surface area contributed by atoms with Crippen LogP contribution in [-0.4, -0.2) is 50.6 Å². The van der Waals surface area contributed by atoms with E-state index in [1.807, 2.05) is 25.2 Å². The van der Waals surface area contributed by atoms with E-state index in [9.17, 15) is 9.59 Å². The van der Waals surface area contributed by atoms with Gasteiger partial charge < -0.3 is 25.4 Å². The predicted octanol–water partition coefficient (Wildman–Crippen LogP) is 1.42. The number of likely N-dealkylation sites (N-methyl/N-ethyl adjacent to an activating group) is 1. The van der Waals surface area contributed by atoms with E-state index in [0.717, 1.165) is 13.1 Å². The number of rotatable bonds is 10. The fraction of sp³-hybridized carbons (Fsp3) is 0.300. The van der Waals surface area contributed by atoms with Crippen molar-refractivity contribution in [1.29, 1.82) is 0 Å². The molecule has 0 atom stereocenters. The van der Waals surface area contributed by atoms with Crippen LogP contribution in [-0.2, 0) is 11.3 Å². The zero-order valence-corrected chi connectivity index (χ0v) is 15.6. The Hall–Kier alpha value is -3.06. The molecule has 0 saturated heterocycles. The van der Waals surface area contributed by atoms with E-state index in [0.29, 0.717) is 23.6 Å². The van der Waals surface area contributed by atoms with Gasteiger partial charge in [-0.15, -0.1) is 0 Å². The Morgan fingerprint density at radius 2 is 1.85 bits per heavy atom. The quantitative estimate of drug-likeness (QED) is 0.659. The first kappa shape index (κ1) is 20.3. The third-order valence-electron chi connectivity index (χ3n) is 3.87. The first-order valence-electron chi connectivity index (χ1n) is 8.59. The number of primary amides is 1. The molecule has 0 aliphatic heterocycles. The third kappa shape index (κ3) is 6.63. The minimum atomic E-state index is -0.585. The van der Waals surface area contributed by atoms with E-state index in [2.05, 4.69) is 22.3 Å². The van der Waals surface area contributed by atoms with Crippen molar-refractivity contribution < 1.29 is 19.1 Å². The highest BCUT2D eigenvalue weighted by Gasteiger charge is 2.12. The summed E-state index contributed by atoms with van der Waals surface area (Å²) in [6.45, 7) is 1.80. The number of hydrogen-bond acceptors (Lipinski definition) is 5. The van der Waals surface area contributed by atoms with Crippen molar-refractivity contribution >= 4 is 11.8 Å². The molecule has 0 saturated carbocycles. The van der Waals surface area contributed by atoms with E-state index in [4.69, 9.17) is 15.2 Å². The number of nitrogens with zero attached hydrogens (tertiary/aromatic N) is 1. The Morgan fingerprint density at radius 3 is 2.52 bits per heavy atom. The lowest BCUT2D eigenvalue weighted by molar-refractivity contribution is -0.119. The van der Waals surface area contributed by atoms with Gasteiger partial charge in [0.1, 0.15) is 0 Å². The minimum absolute atomic E-state index is 0.206. The summed E-state index contributed by atoms with van der Waals surface area (Å²) in [5.74, 6) is -0.0677. The van der Waals surface area contributed by atoms with Crippen molar-refractivity contribution in [1.82, 2.24) is 10.2 Å². The molecule has 0 fully saturated rings. The van der Waals surface area contributed by atoms with Crippen molar-refractivity contribution in [2.75, 3.05) is 33.9 Å². The molecule has 0 aliphatic carbocycles. The normalized spacial score (nSPS) is 10.5. The fourth-order valence-electron chi connectivity index (χ4n) is 2.51. The molecular formula is C20H25N3O4. The molecule has 0 aromatic heterocycles. The van der Waals surface area contributed by atoms with Gasteiger partial charge in [-0.05, 0) is 30.8 Å². The van der Waals surface area contributed by atoms with Gasteiger partial charge in [-0.3, -0.25) is 9.59 Å². The Bertz CT molecular complexity index is 765. The highest BCUT2D eigenvalue weighted by molar-refractivity contribution is 5.94. The largest absolute Gasteiger partial charge is 0.493 e. The van der Waals surface area contributed by atoms with Crippen molar-refractivity contribution in [2.45, 2.75) is 6.54 Å². The number of methoxy groups -OCH3 is 1. The summed E-state index contributed by atoms with van der Waals surface area (Å²) in [6, 6.07) is 14.9. The van der Waals surface area contributed by atoms with Crippen LogP contribution in [0.5, 0.6) is 11.5 Å². The smallest absolute Gasteiger partial charge is 0.255 e. The van der Waals surface area contributed by atoms with Crippen LogP contribution < -0.4 is 20.5 Å². The highest BCUT2D eigenvalue weighted by Crippen LogP contribution is 2.27. The van der Waals surface area contributed by atoms with Crippen LogP contribution in [0.2, 0.25) is 0 Å². The van der Waals surface area contributed by atoms with Gasteiger partial charge in [0.15, 0.2) is 18.1 Å². The molecule has 7 nitrogen and oxygen atoms in total. The van der Waals surface area contributed by atoms with Crippen LogP contribution in [0.25, 0.3) is 0 Å². The number of nitrogens with two attached hydrogens (primary N) is 1. The van der Waals surface area contributed by atoms with Gasteiger partial charge in [0, 0.05) is 25.2 Å². The van der Waals surface area contributed by atoms with Gasteiger partial charge in [-0.2, -0.15) is 0 Å². The van der Waals surface area contributed by atoms with E-state index < -0.39 is 5.91 Å². The second-order valence-electron chi connectivity index (χ2n) is 6.10. The molecule has 0 unspecified atom stereocenters. The molecule has 0 aliphatic rings. The Balaban J connectivity index is 1.85. The predicted molar refractivity (Wildman–Crippen MR) is 103 cm³/mol. The van der Waals surface area contributed by atoms with Gasteiger partial charge in [-0.1, -0.05) is 30.3 Å². The molecule has 144 valence electrons. The summed E-state index contributed by atoms with van der Waals surface area (Å²) < 4.78 is 10.5. The summed E-state index contributed by atoms with van der Waals surface area (Å²) >= 11 is 0. The first-order chi connectivity index (χ1) is 13.0. The van der Waals surface area contributed by atoms with Crippen LogP contribution in [0.4, 0.5) is 0 Å². The van der Waals surface area contributed by atoms with Crippen LogP contribution in [0.3, 0.4) is 0 Å². The fourth-order valence-corrected chi connectivity index (χ4v) is 2.51. The molecule has 27 heavy (non-hydrogen) atoms. The minimum Gasteiger partial charge on any atom is -0.493 e. The zero-order valence-electron chi connectivity index (χ0n) is 15.6. The van der Waals surface area contributed by atoms with Gasteiger partial charge in [0.25, 0.3) is 11.8 Å². The van der Waals surface area contributed by atoms with Crippen LogP contribution >= 0.6 is 0 Å². The van der Waals surface area contributed by atoms with E-state index in [1.165, 1.54) is 12.7 Å². The van der Waals surface area contributed by atoms with Crippen LogP contribution in [0.1, 0.15) is 15.9 Å². The number of carbonyl (C=O) groups is 2. The van der Waals surface area contributed by atoms with Gasteiger partial charge in [-0.25, -0.2) is 0 Å². The maximum Gasteiger partial charge on any atom is 0.255 e. The monoisotopic (exact) mass is 371 g/mol. The van der Waals surface area contributed by atoms with E-state index >= 15 is 0 Å². The van der Waals surface area contributed by atoms with Crippen LogP contribution in [0, 0.1) is 0 Å². The highest BCUT2D eigenvalue weighted by atomic mass is 16.5. The van der Waals surface area contributed by atoms with Crippen molar-refractivity contribution in [3.63, 3.8) is 0 Å². The zero-order chi connectivity index (χ0) is 19.6. The second-order valence-corrected chi connectivity index (χ2v) is 6.10. The second kappa shape index (κ2) is 10.2. The lowest BCUT2D eigenvalue weighted by Crippen LogP contribution is -2.32. The molecule has 0 spiro atoms. The summed E-state index contributed by atoms with van der Waals surface area (Å²) in [5, 5.41) is 2.89. The molecular weight excluding hydrogens is 346 g/mol. The molecule has 0 heterocycles. The number of ether oxygens (including phenoxy) is 2. The van der Waals surface area contributed by atoms with E-state index in [-0.39, 0.29) is 12.5 Å². The standard InChI is InChI=1S/C20H25N3O4/c1-23(13-15-6-4-3-5-7-15)11-10-22-20(25)16-8-9-17(18(12-16)26-2)27-14-19(21)24/h3-9,12H,10-11,13-14H2,1-2H3,(H2,21,24)(H,22,25).